The van der Waals surface area contributed by atoms with Gasteiger partial charge < -0.3 is 20.7 Å². The van der Waals surface area contributed by atoms with Gasteiger partial charge in [0.05, 0.1) is 30.2 Å². The fraction of sp³-hybridized carbons (Fsp3) is 0.0952. The lowest BCUT2D eigenvalue weighted by atomic mass is 10.1. The second-order valence-corrected chi connectivity index (χ2v) is 6.37. The minimum Gasteiger partial charge on any atom is -0.494 e. The van der Waals surface area contributed by atoms with Crippen LogP contribution in [0.2, 0.25) is 0 Å². The quantitative estimate of drug-likeness (QED) is 0.401. The minimum absolute atomic E-state index is 0.112. The molecule has 160 valence electrons. The van der Waals surface area contributed by atoms with Gasteiger partial charge in [-0.2, -0.15) is 0 Å². The maximum atomic E-state index is 12.4. The Morgan fingerprint density at radius 2 is 1.75 bits per heavy atom. The van der Waals surface area contributed by atoms with Crippen LogP contribution < -0.4 is 20.7 Å². The summed E-state index contributed by atoms with van der Waals surface area (Å²) in [5.41, 5.74) is 1.82. The highest BCUT2D eigenvalue weighted by Gasteiger charge is 2.18. The van der Waals surface area contributed by atoms with Gasteiger partial charge in [-0.15, -0.1) is 10.2 Å². The zero-order chi connectivity index (χ0) is 22.3. The van der Waals surface area contributed by atoms with Crippen molar-refractivity contribution in [3.05, 3.63) is 67.0 Å². The van der Waals surface area contributed by atoms with E-state index in [-0.39, 0.29) is 5.69 Å². The molecular weight excluding hydrogens is 410 g/mol. The fourth-order valence-corrected chi connectivity index (χ4v) is 2.94. The van der Waals surface area contributed by atoms with Gasteiger partial charge in [-0.3, -0.25) is 9.78 Å². The molecule has 0 saturated heterocycles. The van der Waals surface area contributed by atoms with Crippen LogP contribution in [0.15, 0.2) is 61.3 Å². The van der Waals surface area contributed by atoms with E-state index in [2.05, 4.69) is 46.1 Å². The summed E-state index contributed by atoms with van der Waals surface area (Å²) in [7, 11) is 3.08. The first-order valence-corrected chi connectivity index (χ1v) is 9.54. The number of nitrogens with zero attached hydrogens (tertiary/aromatic N) is 6. The topological polar surface area (TPSA) is 140 Å². The number of methoxy groups -OCH3 is 1. The van der Waals surface area contributed by atoms with Gasteiger partial charge in [0, 0.05) is 37.9 Å². The van der Waals surface area contributed by atoms with Crippen LogP contribution in [0.5, 0.6) is 5.75 Å². The molecule has 0 atom stereocenters. The number of amides is 1. The maximum absolute atomic E-state index is 12.4. The summed E-state index contributed by atoms with van der Waals surface area (Å²) < 4.78 is 5.64. The van der Waals surface area contributed by atoms with Crippen molar-refractivity contribution in [2.45, 2.75) is 0 Å². The van der Waals surface area contributed by atoms with Crippen molar-refractivity contribution < 1.29 is 9.53 Å². The molecule has 4 rings (SSSR count). The lowest BCUT2D eigenvalue weighted by Crippen LogP contribution is -2.21. The van der Waals surface area contributed by atoms with Crippen molar-refractivity contribution in [3.63, 3.8) is 0 Å². The zero-order valence-electron chi connectivity index (χ0n) is 17.3. The molecule has 0 saturated carbocycles. The van der Waals surface area contributed by atoms with Gasteiger partial charge in [-0.25, -0.2) is 15.0 Å². The molecule has 0 fully saturated rings. The first-order valence-electron chi connectivity index (χ1n) is 9.54. The SMILES string of the molecule is CNC(=O)c1nnc(Nc2cnccn2)cc1Nc1cccc(-c2ncccn2)c1OC. The zero-order valence-corrected chi connectivity index (χ0v) is 17.3. The second-order valence-electron chi connectivity index (χ2n) is 6.37. The number of anilines is 4. The Labute approximate surface area is 183 Å². The predicted octanol–water partition coefficient (Wildman–Crippen LogP) is 2.58. The van der Waals surface area contributed by atoms with Crippen molar-refractivity contribution in [2.24, 2.45) is 0 Å². The van der Waals surface area contributed by atoms with Gasteiger partial charge in [0.1, 0.15) is 5.82 Å². The molecule has 0 radical (unpaired) electrons. The number of para-hydroxylation sites is 1. The fourth-order valence-electron chi connectivity index (χ4n) is 2.94. The van der Waals surface area contributed by atoms with Gasteiger partial charge in [0.25, 0.3) is 5.91 Å². The van der Waals surface area contributed by atoms with Gasteiger partial charge in [0.2, 0.25) is 0 Å². The van der Waals surface area contributed by atoms with E-state index in [1.165, 1.54) is 7.05 Å². The highest BCUT2D eigenvalue weighted by molar-refractivity contribution is 5.99. The lowest BCUT2D eigenvalue weighted by Gasteiger charge is -2.16. The lowest BCUT2D eigenvalue weighted by molar-refractivity contribution is 0.0958. The predicted molar refractivity (Wildman–Crippen MR) is 118 cm³/mol. The molecule has 11 heteroatoms. The summed E-state index contributed by atoms with van der Waals surface area (Å²) in [5, 5.41) is 16.9. The van der Waals surface area contributed by atoms with Gasteiger partial charge >= 0.3 is 0 Å². The summed E-state index contributed by atoms with van der Waals surface area (Å²) in [5.74, 6) is 1.50. The van der Waals surface area contributed by atoms with Crippen LogP contribution in [0.4, 0.5) is 23.0 Å². The van der Waals surface area contributed by atoms with E-state index in [0.717, 1.165) is 0 Å². The van der Waals surface area contributed by atoms with E-state index in [1.54, 1.807) is 50.2 Å². The molecule has 0 aliphatic carbocycles. The smallest absolute Gasteiger partial charge is 0.273 e. The van der Waals surface area contributed by atoms with E-state index in [1.807, 2.05) is 18.2 Å². The number of benzene rings is 1. The third-order valence-electron chi connectivity index (χ3n) is 4.35. The molecule has 0 unspecified atom stereocenters. The summed E-state index contributed by atoms with van der Waals surface area (Å²) in [4.78, 5) is 29.2. The average molecular weight is 429 g/mol. The Bertz CT molecular complexity index is 1220. The molecule has 1 aromatic carbocycles. The summed E-state index contributed by atoms with van der Waals surface area (Å²) in [6, 6.07) is 8.89. The molecule has 0 aliphatic heterocycles. The molecule has 0 bridgehead atoms. The van der Waals surface area contributed by atoms with Gasteiger partial charge in [-0.1, -0.05) is 6.07 Å². The van der Waals surface area contributed by atoms with Gasteiger partial charge in [0.15, 0.2) is 23.1 Å². The molecule has 3 N–H and O–H groups in total. The van der Waals surface area contributed by atoms with Crippen LogP contribution in [-0.2, 0) is 0 Å². The van der Waals surface area contributed by atoms with E-state index >= 15 is 0 Å². The third kappa shape index (κ3) is 4.41. The highest BCUT2D eigenvalue weighted by Crippen LogP contribution is 2.37. The number of hydrogen-bond donors (Lipinski definition) is 3. The number of hydrogen-bond acceptors (Lipinski definition) is 10. The van der Waals surface area contributed by atoms with E-state index < -0.39 is 5.91 Å². The first kappa shape index (κ1) is 20.6. The molecule has 3 heterocycles. The van der Waals surface area contributed by atoms with Crippen LogP contribution in [0.25, 0.3) is 11.4 Å². The summed E-state index contributed by atoms with van der Waals surface area (Å²) in [6.45, 7) is 0. The highest BCUT2D eigenvalue weighted by atomic mass is 16.5. The van der Waals surface area contributed by atoms with Crippen molar-refractivity contribution in [1.82, 2.24) is 35.5 Å². The van der Waals surface area contributed by atoms with Crippen molar-refractivity contribution in [3.8, 4) is 17.1 Å². The number of carbonyl (C=O) groups is 1. The standard InChI is InChI=1S/C21H19N9O2/c1-22-21(31)18-15(11-16(29-30-18)28-17-12-23-9-10-24-17)27-14-6-3-5-13(19(14)32-2)20-25-7-4-8-26-20/h3-12H,1-2H3,(H,22,31)(H2,24,27,28,29). The van der Waals surface area contributed by atoms with E-state index in [4.69, 9.17) is 4.74 Å². The Morgan fingerprint density at radius 3 is 2.47 bits per heavy atom. The van der Waals surface area contributed by atoms with Crippen LogP contribution in [0.1, 0.15) is 10.5 Å². The largest absolute Gasteiger partial charge is 0.494 e. The van der Waals surface area contributed by atoms with Crippen LogP contribution >= 0.6 is 0 Å². The minimum atomic E-state index is -0.396. The van der Waals surface area contributed by atoms with Crippen molar-refractivity contribution in [2.75, 3.05) is 24.8 Å². The maximum Gasteiger partial charge on any atom is 0.273 e. The molecule has 4 aromatic rings. The molecule has 1 amide bonds. The summed E-state index contributed by atoms with van der Waals surface area (Å²) >= 11 is 0. The van der Waals surface area contributed by atoms with E-state index in [9.17, 15) is 4.79 Å². The molecule has 3 aromatic heterocycles. The third-order valence-corrected chi connectivity index (χ3v) is 4.35. The number of ether oxygens (including phenoxy) is 1. The Balaban J connectivity index is 1.74. The van der Waals surface area contributed by atoms with Crippen molar-refractivity contribution in [1.29, 1.82) is 0 Å². The van der Waals surface area contributed by atoms with Crippen molar-refractivity contribution >= 4 is 28.9 Å². The number of carbonyl (C=O) groups excluding carboxylic acids is 1. The number of rotatable bonds is 7. The number of nitrogens with one attached hydrogen (secondary N) is 3. The molecule has 0 spiro atoms. The Morgan fingerprint density at radius 1 is 0.906 bits per heavy atom. The Kier molecular flexibility index (Phi) is 6.07. The van der Waals surface area contributed by atoms with Crippen LogP contribution in [0.3, 0.4) is 0 Å². The summed E-state index contributed by atoms with van der Waals surface area (Å²) in [6.07, 6.45) is 7.98. The number of aromatic nitrogens is 6. The van der Waals surface area contributed by atoms with Gasteiger partial charge in [-0.05, 0) is 18.2 Å². The first-order chi connectivity index (χ1) is 15.7. The molecule has 11 nitrogen and oxygen atoms in total. The van der Waals surface area contributed by atoms with Crippen LogP contribution in [0, 0.1) is 0 Å². The Hall–Kier alpha value is -4.67. The molecule has 32 heavy (non-hydrogen) atoms. The molecule has 0 aliphatic rings. The second kappa shape index (κ2) is 9.43. The normalized spacial score (nSPS) is 10.3. The monoisotopic (exact) mass is 429 g/mol. The molecular formula is C21H19N9O2. The van der Waals surface area contributed by atoms with E-state index in [0.29, 0.717) is 40.1 Å². The average Bonchev–Trinajstić information content (AvgIpc) is 2.85. The van der Waals surface area contributed by atoms with Crippen LogP contribution in [-0.4, -0.2) is 50.2 Å².